The van der Waals surface area contributed by atoms with Gasteiger partial charge in [-0.05, 0) is 0 Å². The molecule has 1 aromatic rings. The Kier molecular flexibility index (Phi) is 3.32. The predicted octanol–water partition coefficient (Wildman–Crippen LogP) is 2.39. The molecule has 0 bridgehead atoms. The van der Waals surface area contributed by atoms with E-state index in [1.54, 1.807) is 6.07 Å². The molecule has 2 nitrogen and oxygen atoms in total. The summed E-state index contributed by atoms with van der Waals surface area (Å²) in [5, 5.41) is 0. The summed E-state index contributed by atoms with van der Waals surface area (Å²) in [5.74, 6) is -0.253. The van der Waals surface area contributed by atoms with Gasteiger partial charge < -0.3 is 0 Å². The number of ether oxygens (including phenoxy) is 1. The summed E-state index contributed by atoms with van der Waals surface area (Å²) in [5.41, 5.74) is -0.188. The van der Waals surface area contributed by atoms with Crippen molar-refractivity contribution in [2.75, 3.05) is 6.61 Å². The predicted molar refractivity (Wildman–Crippen MR) is 59.4 cm³/mol. The van der Waals surface area contributed by atoms with E-state index in [0.29, 0.717) is 11.1 Å². The van der Waals surface area contributed by atoms with Gasteiger partial charge in [-0.25, -0.2) is 0 Å². The quantitative estimate of drug-likeness (QED) is 0.767. The summed E-state index contributed by atoms with van der Waals surface area (Å²) in [6.07, 6.45) is 0. The van der Waals surface area contributed by atoms with Crippen LogP contribution < -0.4 is 4.16 Å². The van der Waals surface area contributed by atoms with E-state index < -0.39 is 15.0 Å². The Morgan fingerprint density at radius 1 is 1.50 bits per heavy atom. The molecule has 1 aliphatic rings. The van der Waals surface area contributed by atoms with E-state index in [2.05, 4.69) is 4.99 Å². The molecule has 0 N–H and O–H groups in total. The molecule has 1 heterocycles. The van der Waals surface area contributed by atoms with Gasteiger partial charge in [0.2, 0.25) is 0 Å². The van der Waals surface area contributed by atoms with Crippen molar-refractivity contribution in [3.8, 4) is 0 Å². The van der Waals surface area contributed by atoms with Gasteiger partial charge in [-0.1, -0.05) is 0 Å². The van der Waals surface area contributed by atoms with Gasteiger partial charge in [0, 0.05) is 0 Å². The molecule has 0 aromatic heterocycles. The first-order chi connectivity index (χ1) is 7.48. The van der Waals surface area contributed by atoms with Gasteiger partial charge in [-0.15, -0.1) is 0 Å². The molecular weight excluding hydrogens is 282 g/mol. The molecule has 5 heteroatoms. The van der Waals surface area contributed by atoms with Crippen LogP contribution in [0.2, 0.25) is 0 Å². The zero-order valence-electron chi connectivity index (χ0n) is 9.34. The maximum atomic E-state index is 13.1. The summed E-state index contributed by atoms with van der Waals surface area (Å²) in [6.45, 7) is 4.57. The average Bonchev–Trinajstić information content (AvgIpc) is 2.58. The van der Waals surface area contributed by atoms with Crippen LogP contribution in [0.5, 0.6) is 0 Å². The van der Waals surface area contributed by atoms with Gasteiger partial charge in [-0.2, -0.15) is 0 Å². The van der Waals surface area contributed by atoms with Crippen LogP contribution in [0.15, 0.2) is 29.3 Å². The number of nitrogens with zero attached hydrogens (tertiary/aromatic N) is 1. The van der Waals surface area contributed by atoms with E-state index in [0.717, 1.165) is 4.16 Å². The maximum absolute atomic E-state index is 13.1. The molecule has 1 aromatic carbocycles. The minimum atomic E-state index is -2.69. The number of hydrogen-bond acceptors (Lipinski definition) is 2. The Balaban J connectivity index is 2.23. The topological polar surface area (TPSA) is 21.6 Å². The second-order valence-corrected chi connectivity index (χ2v) is 12.3. The van der Waals surface area contributed by atoms with Crippen molar-refractivity contribution in [3.63, 3.8) is 0 Å². The Labute approximate surface area is 103 Å². The molecule has 0 atom stereocenters. The molecule has 83 valence electrons. The molecule has 0 saturated carbocycles. The van der Waals surface area contributed by atoms with E-state index in [1.807, 2.05) is 19.9 Å². The van der Waals surface area contributed by atoms with Gasteiger partial charge in [0.15, 0.2) is 0 Å². The number of rotatable bonds is 2. The van der Waals surface area contributed by atoms with Crippen molar-refractivity contribution >= 4 is 18.3 Å². The summed E-state index contributed by atoms with van der Waals surface area (Å²) >= 11 is -2.69. The van der Waals surface area contributed by atoms with E-state index in [9.17, 15) is 4.39 Å². The summed E-state index contributed by atoms with van der Waals surface area (Å²) < 4.78 is 20.1. The first kappa shape index (κ1) is 12.0. The fourth-order valence-electron chi connectivity index (χ4n) is 1.73. The fourth-order valence-corrected chi connectivity index (χ4v) is 7.32. The van der Waals surface area contributed by atoms with Crippen molar-refractivity contribution in [1.29, 1.82) is 0 Å². The van der Waals surface area contributed by atoms with Crippen LogP contribution in [0.1, 0.15) is 13.8 Å². The molecule has 0 spiro atoms. The van der Waals surface area contributed by atoms with Crippen molar-refractivity contribution in [1.82, 2.24) is 0 Å². The van der Waals surface area contributed by atoms with Crippen LogP contribution in [0.25, 0.3) is 0 Å². The fraction of sp³-hybridized carbons (Fsp3) is 0.364. The molecule has 16 heavy (non-hydrogen) atoms. The third kappa shape index (κ3) is 2.61. The summed E-state index contributed by atoms with van der Waals surface area (Å²) in [6, 6.07) is 6.44. The second kappa shape index (κ2) is 4.42. The molecular formula is C11H12ClFNOZn. The SMILES string of the molecule is CC1(C)CO[C]([Zn]([Cl])[c]2cccc(F)c2)=N1. The number of halogens is 2. The molecule has 0 amide bonds. The van der Waals surface area contributed by atoms with Gasteiger partial charge in [0.25, 0.3) is 0 Å². The summed E-state index contributed by atoms with van der Waals surface area (Å²) in [7, 11) is 6.40. The Morgan fingerprint density at radius 2 is 2.25 bits per heavy atom. The third-order valence-electron chi connectivity index (χ3n) is 2.53. The number of aliphatic imine (C=N–C) groups is 1. The standard InChI is InChI=1S/C6H4F.C5H8NO.ClH.Zn/c7-6-4-2-1-3-5-6;1-5(2)3-7-4-6-5;;/h1-2,4-5H;3H2,1-2H3;1H;/q;;;+1/p-1. The molecule has 0 unspecified atom stereocenters. The first-order valence-electron chi connectivity index (χ1n) is 5.28. The van der Waals surface area contributed by atoms with Crippen LogP contribution in [-0.2, 0) is 19.7 Å². The van der Waals surface area contributed by atoms with Gasteiger partial charge >= 0.3 is 103 Å². The van der Waals surface area contributed by atoms with E-state index >= 15 is 0 Å². The Morgan fingerprint density at radius 3 is 2.81 bits per heavy atom. The Bertz CT molecular complexity index is 436. The monoisotopic (exact) mass is 292 g/mol. The zero-order valence-corrected chi connectivity index (χ0v) is 13.1. The van der Waals surface area contributed by atoms with Gasteiger partial charge in [-0.3, -0.25) is 0 Å². The van der Waals surface area contributed by atoms with Crippen molar-refractivity contribution in [2.45, 2.75) is 19.4 Å². The Hall–Kier alpha value is -0.467. The first-order valence-corrected chi connectivity index (χ1v) is 12.1. The molecule has 1 aliphatic heterocycles. The van der Waals surface area contributed by atoms with Gasteiger partial charge in [0.05, 0.1) is 0 Å². The van der Waals surface area contributed by atoms with Crippen LogP contribution in [-0.4, -0.2) is 16.6 Å². The van der Waals surface area contributed by atoms with Crippen LogP contribution >= 0.6 is 9.69 Å². The van der Waals surface area contributed by atoms with E-state index in [-0.39, 0.29) is 11.4 Å². The van der Waals surface area contributed by atoms with Crippen molar-refractivity contribution in [3.05, 3.63) is 30.1 Å². The normalized spacial score (nSPS) is 17.9. The summed E-state index contributed by atoms with van der Waals surface area (Å²) in [4.78, 5) is 4.46. The third-order valence-corrected chi connectivity index (χ3v) is 9.63. The van der Waals surface area contributed by atoms with Crippen molar-refractivity contribution in [2.24, 2.45) is 4.99 Å². The molecule has 0 saturated heterocycles. The van der Waals surface area contributed by atoms with E-state index in [1.165, 1.54) is 12.1 Å². The molecule has 0 aliphatic carbocycles. The van der Waals surface area contributed by atoms with Crippen LogP contribution in [0.4, 0.5) is 4.39 Å². The second-order valence-electron chi connectivity index (χ2n) is 4.68. The van der Waals surface area contributed by atoms with Gasteiger partial charge in [0.1, 0.15) is 0 Å². The van der Waals surface area contributed by atoms with Crippen LogP contribution in [0, 0.1) is 5.82 Å². The molecule has 0 fully saturated rings. The molecule has 2 rings (SSSR count). The number of benzene rings is 1. The van der Waals surface area contributed by atoms with Crippen LogP contribution in [0.3, 0.4) is 0 Å². The van der Waals surface area contributed by atoms with E-state index in [4.69, 9.17) is 14.4 Å². The number of hydrogen-bond donors (Lipinski definition) is 0. The van der Waals surface area contributed by atoms with Crippen molar-refractivity contribution < 1.29 is 24.1 Å². The zero-order chi connectivity index (χ0) is 11.8. The molecule has 0 radical (unpaired) electrons. The average molecular weight is 294 g/mol. The minimum absolute atomic E-state index is 0.188.